The zero-order chi connectivity index (χ0) is 16.5. The minimum atomic E-state index is 0.306. The van der Waals surface area contributed by atoms with E-state index in [0.717, 1.165) is 30.0 Å². The topological polar surface area (TPSA) is 12.5 Å². The predicted octanol–water partition coefficient (Wildman–Crippen LogP) is 5.23. The Labute approximate surface area is 147 Å². The molecule has 1 aromatic carbocycles. The van der Waals surface area contributed by atoms with Gasteiger partial charge in [-0.2, -0.15) is 0 Å². The fourth-order valence-corrected chi connectivity index (χ4v) is 5.43. The van der Waals surface area contributed by atoms with Crippen LogP contribution in [0.5, 0.6) is 5.75 Å². The lowest BCUT2D eigenvalue weighted by Gasteiger charge is -2.40. The van der Waals surface area contributed by atoms with Gasteiger partial charge in [-0.3, -0.25) is 0 Å². The zero-order valence-corrected chi connectivity index (χ0v) is 15.4. The molecule has 1 aromatic rings. The molecule has 2 heteroatoms. The summed E-state index contributed by atoms with van der Waals surface area (Å²) in [5.74, 6) is 3.89. The van der Waals surface area contributed by atoms with Crippen molar-refractivity contribution in [2.45, 2.75) is 76.9 Å². The number of hydrogen-bond donors (Lipinski definition) is 0. The lowest BCUT2D eigenvalue weighted by atomic mass is 9.86. The van der Waals surface area contributed by atoms with Crippen molar-refractivity contribution in [3.63, 3.8) is 0 Å². The molecule has 2 unspecified atom stereocenters. The predicted molar refractivity (Wildman–Crippen MR) is 99.6 cm³/mol. The van der Waals surface area contributed by atoms with Gasteiger partial charge in [-0.1, -0.05) is 31.5 Å². The highest BCUT2D eigenvalue weighted by Crippen LogP contribution is 2.47. The van der Waals surface area contributed by atoms with Crippen LogP contribution in [0.3, 0.4) is 0 Å². The third-order valence-corrected chi connectivity index (χ3v) is 6.96. The van der Waals surface area contributed by atoms with Gasteiger partial charge >= 0.3 is 0 Å². The molecule has 0 amide bonds. The molecule has 0 aromatic heterocycles. The lowest BCUT2D eigenvalue weighted by Crippen LogP contribution is -2.43. The number of fused-ring (bicyclic) bond motifs is 2. The highest BCUT2D eigenvalue weighted by atomic mass is 16.5. The maximum absolute atomic E-state index is 6.20. The molecule has 4 atom stereocenters. The molecule has 1 saturated heterocycles. The molecule has 0 radical (unpaired) electrons. The smallest absolute Gasteiger partial charge is 0.123 e. The van der Waals surface area contributed by atoms with Crippen molar-refractivity contribution in [3.8, 4) is 5.75 Å². The molecule has 1 aliphatic heterocycles. The van der Waals surface area contributed by atoms with Crippen molar-refractivity contribution < 1.29 is 4.74 Å². The van der Waals surface area contributed by atoms with Gasteiger partial charge in [-0.25, -0.2) is 0 Å². The van der Waals surface area contributed by atoms with Crippen LogP contribution in [-0.4, -0.2) is 30.1 Å². The fraction of sp³-hybridized carbons (Fsp3) is 0.727. The number of hydrogen-bond acceptors (Lipinski definition) is 2. The number of para-hydroxylation sites is 1. The van der Waals surface area contributed by atoms with Gasteiger partial charge in [0.15, 0.2) is 0 Å². The standard InChI is InChI=1S/C22H33NO/c1-3-16(2)24-22-7-5-4-6-20(22)18-10-12-23(13-11-18)21-15-17-8-9-19(21)14-17/h4-7,16-19,21H,3,8-15H2,1-2H3/t16?,17-,19?,21-/m0/s1. The molecule has 2 nitrogen and oxygen atoms in total. The van der Waals surface area contributed by atoms with Gasteiger partial charge < -0.3 is 9.64 Å². The maximum atomic E-state index is 6.20. The second-order valence-electron chi connectivity index (χ2n) is 8.43. The Morgan fingerprint density at radius 2 is 1.88 bits per heavy atom. The van der Waals surface area contributed by atoms with E-state index in [1.54, 1.807) is 0 Å². The Morgan fingerprint density at radius 3 is 2.54 bits per heavy atom. The van der Waals surface area contributed by atoms with E-state index < -0.39 is 0 Å². The lowest BCUT2D eigenvalue weighted by molar-refractivity contribution is 0.109. The van der Waals surface area contributed by atoms with Crippen molar-refractivity contribution in [1.29, 1.82) is 0 Å². The summed E-state index contributed by atoms with van der Waals surface area (Å²) >= 11 is 0. The molecule has 0 spiro atoms. The van der Waals surface area contributed by atoms with Gasteiger partial charge in [0.25, 0.3) is 0 Å². The maximum Gasteiger partial charge on any atom is 0.123 e. The van der Waals surface area contributed by atoms with Crippen LogP contribution in [-0.2, 0) is 0 Å². The van der Waals surface area contributed by atoms with Crippen molar-refractivity contribution in [2.75, 3.05) is 13.1 Å². The van der Waals surface area contributed by atoms with Crippen LogP contribution in [0, 0.1) is 11.8 Å². The van der Waals surface area contributed by atoms with Crippen molar-refractivity contribution in [3.05, 3.63) is 29.8 Å². The molecule has 3 fully saturated rings. The van der Waals surface area contributed by atoms with E-state index in [2.05, 4.69) is 43.0 Å². The first-order chi connectivity index (χ1) is 11.7. The van der Waals surface area contributed by atoms with Gasteiger partial charge in [0, 0.05) is 6.04 Å². The van der Waals surface area contributed by atoms with Crippen LogP contribution in [0.25, 0.3) is 0 Å². The first kappa shape index (κ1) is 16.4. The molecule has 0 N–H and O–H groups in total. The second kappa shape index (κ2) is 7.07. The quantitative estimate of drug-likeness (QED) is 0.734. The summed E-state index contributed by atoms with van der Waals surface area (Å²) < 4.78 is 6.20. The molecule has 132 valence electrons. The van der Waals surface area contributed by atoms with Gasteiger partial charge in [-0.05, 0) is 87.9 Å². The Bertz CT molecular complexity index is 549. The van der Waals surface area contributed by atoms with E-state index in [4.69, 9.17) is 4.74 Å². The number of nitrogens with zero attached hydrogens (tertiary/aromatic N) is 1. The molecular formula is C22H33NO. The summed E-state index contributed by atoms with van der Waals surface area (Å²) in [6.07, 6.45) is 10.00. The Hall–Kier alpha value is -1.02. The van der Waals surface area contributed by atoms with Crippen LogP contribution < -0.4 is 4.74 Å². The largest absolute Gasteiger partial charge is 0.490 e. The Balaban J connectivity index is 1.39. The Kier molecular flexibility index (Phi) is 4.85. The highest BCUT2D eigenvalue weighted by molar-refractivity contribution is 5.36. The van der Waals surface area contributed by atoms with Gasteiger partial charge in [0.1, 0.15) is 5.75 Å². The van der Waals surface area contributed by atoms with Crippen molar-refractivity contribution >= 4 is 0 Å². The summed E-state index contributed by atoms with van der Waals surface area (Å²) in [6, 6.07) is 9.68. The van der Waals surface area contributed by atoms with E-state index >= 15 is 0 Å². The van der Waals surface area contributed by atoms with E-state index in [9.17, 15) is 0 Å². The van der Waals surface area contributed by atoms with E-state index in [1.165, 1.54) is 57.2 Å². The summed E-state index contributed by atoms with van der Waals surface area (Å²) in [7, 11) is 0. The number of benzene rings is 1. The van der Waals surface area contributed by atoms with Crippen LogP contribution in [0.15, 0.2) is 24.3 Å². The third kappa shape index (κ3) is 3.22. The van der Waals surface area contributed by atoms with Gasteiger partial charge in [-0.15, -0.1) is 0 Å². The molecule has 2 saturated carbocycles. The zero-order valence-electron chi connectivity index (χ0n) is 15.4. The average Bonchev–Trinajstić information content (AvgIpc) is 3.26. The number of ether oxygens (including phenoxy) is 1. The molecule has 2 aliphatic carbocycles. The average molecular weight is 328 g/mol. The van der Waals surface area contributed by atoms with Crippen molar-refractivity contribution in [1.82, 2.24) is 4.90 Å². The molecule has 3 aliphatic rings. The molecule has 1 heterocycles. The Morgan fingerprint density at radius 1 is 1.08 bits per heavy atom. The van der Waals surface area contributed by atoms with Crippen molar-refractivity contribution in [2.24, 2.45) is 11.8 Å². The van der Waals surface area contributed by atoms with Crippen LogP contribution >= 0.6 is 0 Å². The normalized spacial score (nSPS) is 32.2. The minimum absolute atomic E-state index is 0.306. The fourth-order valence-electron chi connectivity index (χ4n) is 5.43. The molecule has 2 bridgehead atoms. The molecular weight excluding hydrogens is 294 g/mol. The minimum Gasteiger partial charge on any atom is -0.490 e. The monoisotopic (exact) mass is 327 g/mol. The number of piperidine rings is 1. The molecule has 24 heavy (non-hydrogen) atoms. The number of likely N-dealkylation sites (tertiary alicyclic amines) is 1. The van der Waals surface area contributed by atoms with Crippen LogP contribution in [0.1, 0.15) is 70.3 Å². The second-order valence-corrected chi connectivity index (χ2v) is 8.43. The summed E-state index contributed by atoms with van der Waals surface area (Å²) in [5.41, 5.74) is 1.45. The SMILES string of the molecule is CCC(C)Oc1ccccc1C1CCN([C@H]2C[C@H]3CCC2C3)CC1. The van der Waals surface area contributed by atoms with E-state index in [1.807, 2.05) is 0 Å². The first-order valence-corrected chi connectivity index (χ1v) is 10.2. The van der Waals surface area contributed by atoms with E-state index in [0.29, 0.717) is 12.0 Å². The van der Waals surface area contributed by atoms with Crippen LogP contribution in [0.2, 0.25) is 0 Å². The van der Waals surface area contributed by atoms with Gasteiger partial charge in [0.05, 0.1) is 6.10 Å². The van der Waals surface area contributed by atoms with Gasteiger partial charge in [0.2, 0.25) is 0 Å². The highest BCUT2D eigenvalue weighted by Gasteiger charge is 2.43. The summed E-state index contributed by atoms with van der Waals surface area (Å²) in [5, 5.41) is 0. The van der Waals surface area contributed by atoms with Crippen LogP contribution in [0.4, 0.5) is 0 Å². The number of rotatable bonds is 5. The third-order valence-electron chi connectivity index (χ3n) is 6.96. The summed E-state index contributed by atoms with van der Waals surface area (Å²) in [4.78, 5) is 2.83. The van der Waals surface area contributed by atoms with E-state index in [-0.39, 0.29) is 0 Å². The molecule has 4 rings (SSSR count). The first-order valence-electron chi connectivity index (χ1n) is 10.2. The summed E-state index contributed by atoms with van der Waals surface area (Å²) in [6.45, 7) is 6.95.